The van der Waals surface area contributed by atoms with Crippen LogP contribution in [0.5, 0.6) is 0 Å². The molecule has 3 rings (SSSR count). The van der Waals surface area contributed by atoms with Crippen LogP contribution in [0.1, 0.15) is 63.9 Å². The highest BCUT2D eigenvalue weighted by Gasteiger charge is 2.27. The van der Waals surface area contributed by atoms with Crippen LogP contribution in [0.3, 0.4) is 0 Å². The maximum absolute atomic E-state index is 3.68. The fraction of sp³-hybridized carbons (Fsp3) is 0.684. The van der Waals surface area contributed by atoms with E-state index < -0.39 is 0 Å². The summed E-state index contributed by atoms with van der Waals surface area (Å²) in [7, 11) is 0. The molecule has 0 radical (unpaired) electrons. The molecule has 0 aromatic heterocycles. The first-order valence-corrected chi connectivity index (χ1v) is 8.70. The zero-order valence-electron chi connectivity index (χ0n) is 13.6. The molecule has 1 aliphatic carbocycles. The SMILES string of the molecule is CC1(C)CCC(c2ccc(NC3CCNCC3)cc2)CC1. The minimum absolute atomic E-state index is 0.563. The van der Waals surface area contributed by atoms with Crippen LogP contribution < -0.4 is 10.6 Å². The lowest BCUT2D eigenvalue weighted by molar-refractivity contribution is 0.224. The molecule has 1 saturated heterocycles. The third-order valence-electron chi connectivity index (χ3n) is 5.43. The standard InChI is InChI=1S/C19H30N2/c1-19(2)11-7-16(8-12-19)15-3-5-17(6-4-15)21-18-9-13-20-14-10-18/h3-6,16,18,20-21H,7-14H2,1-2H3. The summed E-state index contributed by atoms with van der Waals surface area (Å²) in [6.07, 6.45) is 7.92. The normalized spacial score (nSPS) is 23.9. The molecule has 1 heterocycles. The van der Waals surface area contributed by atoms with Crippen molar-refractivity contribution < 1.29 is 0 Å². The highest BCUT2D eigenvalue weighted by Crippen LogP contribution is 2.42. The lowest BCUT2D eigenvalue weighted by Gasteiger charge is -2.34. The summed E-state index contributed by atoms with van der Waals surface area (Å²) in [6, 6.07) is 9.93. The first-order chi connectivity index (χ1) is 10.1. The fourth-order valence-electron chi connectivity index (χ4n) is 3.79. The van der Waals surface area contributed by atoms with E-state index in [0.29, 0.717) is 11.5 Å². The van der Waals surface area contributed by atoms with Gasteiger partial charge >= 0.3 is 0 Å². The molecule has 0 unspecified atom stereocenters. The van der Waals surface area contributed by atoms with Crippen molar-refractivity contribution in [1.29, 1.82) is 0 Å². The van der Waals surface area contributed by atoms with E-state index in [1.807, 2.05) is 0 Å². The van der Waals surface area contributed by atoms with E-state index >= 15 is 0 Å². The Morgan fingerprint density at radius 1 is 0.952 bits per heavy atom. The molecule has 1 aromatic rings. The van der Waals surface area contributed by atoms with Crippen molar-refractivity contribution in [3.63, 3.8) is 0 Å². The van der Waals surface area contributed by atoms with Crippen molar-refractivity contribution >= 4 is 5.69 Å². The second kappa shape index (κ2) is 6.39. The van der Waals surface area contributed by atoms with Crippen LogP contribution in [0.15, 0.2) is 24.3 Å². The third-order valence-corrected chi connectivity index (χ3v) is 5.43. The van der Waals surface area contributed by atoms with Gasteiger partial charge in [0.25, 0.3) is 0 Å². The highest BCUT2D eigenvalue weighted by molar-refractivity contribution is 5.46. The monoisotopic (exact) mass is 286 g/mol. The Kier molecular flexibility index (Phi) is 4.54. The predicted octanol–water partition coefficient (Wildman–Crippen LogP) is 4.53. The average molecular weight is 286 g/mol. The first-order valence-electron chi connectivity index (χ1n) is 8.70. The molecule has 2 N–H and O–H groups in total. The van der Waals surface area contributed by atoms with E-state index in [2.05, 4.69) is 48.7 Å². The number of rotatable bonds is 3. The van der Waals surface area contributed by atoms with Crippen LogP contribution in [0, 0.1) is 5.41 Å². The van der Waals surface area contributed by atoms with Crippen LogP contribution in [0.4, 0.5) is 5.69 Å². The molecule has 0 atom stereocenters. The van der Waals surface area contributed by atoms with Crippen molar-refractivity contribution in [2.45, 2.75) is 64.3 Å². The van der Waals surface area contributed by atoms with Gasteiger partial charge in [-0.3, -0.25) is 0 Å². The van der Waals surface area contributed by atoms with Gasteiger partial charge in [0, 0.05) is 11.7 Å². The topological polar surface area (TPSA) is 24.1 Å². The summed E-state index contributed by atoms with van der Waals surface area (Å²) in [5, 5.41) is 7.10. The van der Waals surface area contributed by atoms with Gasteiger partial charge in [0.15, 0.2) is 0 Å². The fourth-order valence-corrected chi connectivity index (χ4v) is 3.79. The quantitative estimate of drug-likeness (QED) is 0.852. The molecule has 2 nitrogen and oxygen atoms in total. The molecule has 1 saturated carbocycles. The summed E-state index contributed by atoms with van der Waals surface area (Å²) in [5.41, 5.74) is 3.40. The third kappa shape index (κ3) is 4.00. The van der Waals surface area contributed by atoms with Crippen LogP contribution >= 0.6 is 0 Å². The van der Waals surface area contributed by atoms with Crippen molar-refractivity contribution in [3.05, 3.63) is 29.8 Å². The summed E-state index contributed by atoms with van der Waals surface area (Å²) < 4.78 is 0. The molecule has 116 valence electrons. The smallest absolute Gasteiger partial charge is 0.0342 e. The van der Waals surface area contributed by atoms with Gasteiger partial charge < -0.3 is 10.6 Å². The molecular weight excluding hydrogens is 256 g/mol. The maximum Gasteiger partial charge on any atom is 0.0342 e. The number of hydrogen-bond acceptors (Lipinski definition) is 2. The molecule has 21 heavy (non-hydrogen) atoms. The van der Waals surface area contributed by atoms with Gasteiger partial charge in [-0.15, -0.1) is 0 Å². The second-order valence-electron chi connectivity index (χ2n) is 7.73. The van der Waals surface area contributed by atoms with Crippen molar-refractivity contribution in [2.24, 2.45) is 5.41 Å². The molecule has 0 bridgehead atoms. The van der Waals surface area contributed by atoms with Gasteiger partial charge in [-0.1, -0.05) is 26.0 Å². The molecule has 1 aromatic carbocycles. The Balaban J connectivity index is 1.56. The summed E-state index contributed by atoms with van der Waals surface area (Å²) in [5.74, 6) is 0.783. The zero-order chi connectivity index (χ0) is 14.7. The molecule has 1 aliphatic heterocycles. The lowest BCUT2D eigenvalue weighted by Crippen LogP contribution is -2.35. The zero-order valence-corrected chi connectivity index (χ0v) is 13.6. The van der Waals surface area contributed by atoms with E-state index in [0.717, 1.165) is 19.0 Å². The van der Waals surface area contributed by atoms with Gasteiger partial charge in [0.05, 0.1) is 0 Å². The van der Waals surface area contributed by atoms with Crippen molar-refractivity contribution in [3.8, 4) is 0 Å². The molecule has 0 spiro atoms. The van der Waals surface area contributed by atoms with Crippen LogP contribution in [-0.4, -0.2) is 19.1 Å². The first kappa shape index (κ1) is 14.9. The molecule has 2 fully saturated rings. The predicted molar refractivity (Wildman–Crippen MR) is 90.9 cm³/mol. The Morgan fingerprint density at radius 3 is 2.19 bits per heavy atom. The number of nitrogens with one attached hydrogen (secondary N) is 2. The Hall–Kier alpha value is -1.02. The van der Waals surface area contributed by atoms with Gasteiger partial charge in [-0.05, 0) is 80.6 Å². The Labute approximate surface area is 129 Å². The van der Waals surface area contributed by atoms with E-state index in [-0.39, 0.29) is 0 Å². The minimum Gasteiger partial charge on any atom is -0.382 e. The van der Waals surface area contributed by atoms with Gasteiger partial charge in [-0.2, -0.15) is 0 Å². The van der Waals surface area contributed by atoms with E-state index in [1.165, 1.54) is 44.2 Å². The highest BCUT2D eigenvalue weighted by atomic mass is 15.0. The summed E-state index contributed by atoms with van der Waals surface area (Å²) >= 11 is 0. The second-order valence-corrected chi connectivity index (χ2v) is 7.73. The maximum atomic E-state index is 3.68. The number of piperidine rings is 1. The Morgan fingerprint density at radius 2 is 1.57 bits per heavy atom. The van der Waals surface area contributed by atoms with Crippen LogP contribution in [0.25, 0.3) is 0 Å². The van der Waals surface area contributed by atoms with Crippen LogP contribution in [0.2, 0.25) is 0 Å². The van der Waals surface area contributed by atoms with Gasteiger partial charge in [0.2, 0.25) is 0 Å². The minimum atomic E-state index is 0.563. The van der Waals surface area contributed by atoms with Crippen molar-refractivity contribution in [1.82, 2.24) is 5.32 Å². The number of hydrogen-bond donors (Lipinski definition) is 2. The van der Waals surface area contributed by atoms with Gasteiger partial charge in [0.1, 0.15) is 0 Å². The lowest BCUT2D eigenvalue weighted by atomic mass is 9.71. The summed E-state index contributed by atoms with van der Waals surface area (Å²) in [6.45, 7) is 7.12. The molecular formula is C19H30N2. The molecule has 0 amide bonds. The van der Waals surface area contributed by atoms with Crippen LogP contribution in [-0.2, 0) is 0 Å². The molecule has 2 heteroatoms. The van der Waals surface area contributed by atoms with E-state index in [1.54, 1.807) is 5.56 Å². The van der Waals surface area contributed by atoms with Gasteiger partial charge in [-0.25, -0.2) is 0 Å². The van der Waals surface area contributed by atoms with Crippen molar-refractivity contribution in [2.75, 3.05) is 18.4 Å². The summed E-state index contributed by atoms with van der Waals surface area (Å²) in [4.78, 5) is 0. The number of benzene rings is 1. The number of anilines is 1. The molecule has 2 aliphatic rings. The largest absolute Gasteiger partial charge is 0.382 e. The van der Waals surface area contributed by atoms with E-state index in [9.17, 15) is 0 Å². The Bertz CT molecular complexity index is 433. The average Bonchev–Trinajstić information content (AvgIpc) is 2.49. The van der Waals surface area contributed by atoms with E-state index in [4.69, 9.17) is 0 Å².